The maximum atomic E-state index is 13.0. The number of nitrogens with one attached hydrogen (secondary N) is 3. The van der Waals surface area contributed by atoms with E-state index < -0.39 is 18.1 Å². The van der Waals surface area contributed by atoms with Crippen LogP contribution in [-0.4, -0.2) is 65.3 Å². The van der Waals surface area contributed by atoms with Crippen molar-refractivity contribution in [1.82, 2.24) is 16.0 Å². The maximum absolute atomic E-state index is 13.0. The molecule has 0 aliphatic carbocycles. The van der Waals surface area contributed by atoms with Gasteiger partial charge in [-0.25, -0.2) is 4.79 Å². The molecule has 0 aliphatic heterocycles. The van der Waals surface area contributed by atoms with Gasteiger partial charge in [0.25, 0.3) is 0 Å². The zero-order chi connectivity index (χ0) is 23.9. The van der Waals surface area contributed by atoms with Crippen LogP contribution in [0.4, 0.5) is 0 Å². The number of benzene rings is 1. The highest BCUT2D eigenvalue weighted by molar-refractivity contribution is 7.98. The largest absolute Gasteiger partial charge is 0.480 e. The highest BCUT2D eigenvalue weighted by Crippen LogP contribution is 2.11. The quantitative estimate of drug-likeness (QED) is 0.231. The molecule has 9 heteroatoms. The van der Waals surface area contributed by atoms with Crippen LogP contribution in [0.3, 0.4) is 0 Å². The fraction of sp³-hybridized carbons (Fsp3) is 0.609. The normalized spacial score (nSPS) is 14.8. The van der Waals surface area contributed by atoms with Crippen LogP contribution < -0.4 is 16.0 Å². The van der Waals surface area contributed by atoms with Gasteiger partial charge in [-0.05, 0) is 42.1 Å². The number of rotatable bonds is 16. The predicted molar refractivity (Wildman–Crippen MR) is 134 cm³/mol. The van der Waals surface area contributed by atoms with Gasteiger partial charge in [-0.1, -0.05) is 50.6 Å². The van der Waals surface area contributed by atoms with E-state index in [1.165, 1.54) is 0 Å². The summed E-state index contributed by atoms with van der Waals surface area (Å²) in [4.78, 5) is 36.7. The number of carbonyl (C=O) groups excluding carboxylic acids is 2. The van der Waals surface area contributed by atoms with Crippen molar-refractivity contribution in [3.8, 4) is 0 Å². The zero-order valence-electron chi connectivity index (χ0n) is 19.2. The molecule has 0 bridgehead atoms. The smallest absolute Gasteiger partial charge is 0.326 e. The van der Waals surface area contributed by atoms with Crippen molar-refractivity contribution in [1.29, 1.82) is 0 Å². The van der Waals surface area contributed by atoms with Crippen molar-refractivity contribution in [3.05, 3.63) is 35.9 Å². The number of hydrogen-bond donors (Lipinski definition) is 5. The number of thioether (sulfide) groups is 1. The third-order valence-electron chi connectivity index (χ3n) is 5.33. The van der Waals surface area contributed by atoms with Gasteiger partial charge in [0, 0.05) is 19.0 Å². The summed E-state index contributed by atoms with van der Waals surface area (Å²) in [5.74, 6) is -0.341. The van der Waals surface area contributed by atoms with Crippen LogP contribution in [0.15, 0.2) is 30.3 Å². The molecule has 0 saturated heterocycles. The van der Waals surface area contributed by atoms with E-state index in [0.717, 1.165) is 12.0 Å². The van der Waals surface area contributed by atoms with Crippen molar-refractivity contribution in [3.63, 3.8) is 0 Å². The number of carboxylic acids is 1. The average molecular weight is 484 g/mol. The van der Waals surface area contributed by atoms with Crippen molar-refractivity contribution in [2.75, 3.05) is 24.3 Å². The first kappa shape index (κ1) is 28.3. The highest BCUT2D eigenvalue weighted by Gasteiger charge is 2.29. The van der Waals surface area contributed by atoms with Crippen LogP contribution >= 0.6 is 24.4 Å². The number of hydrogen-bond acceptors (Lipinski definition) is 6. The van der Waals surface area contributed by atoms with E-state index in [1.54, 1.807) is 11.8 Å². The molecular formula is C23H37N3O4S2. The summed E-state index contributed by atoms with van der Waals surface area (Å²) in [6.07, 6.45) is 3.96. The lowest BCUT2D eigenvalue weighted by atomic mass is 9.97. The lowest BCUT2D eigenvalue weighted by Crippen LogP contribution is -2.55. The molecule has 1 aromatic carbocycles. The number of amides is 2. The van der Waals surface area contributed by atoms with Crippen LogP contribution in [0.25, 0.3) is 0 Å². The van der Waals surface area contributed by atoms with Crippen molar-refractivity contribution in [2.24, 2.45) is 5.92 Å². The fourth-order valence-corrected chi connectivity index (χ4v) is 3.96. The molecule has 2 amide bonds. The molecule has 1 rings (SSSR count). The van der Waals surface area contributed by atoms with Gasteiger partial charge in [0.1, 0.15) is 6.04 Å². The molecule has 180 valence electrons. The molecule has 4 atom stereocenters. The Bertz CT molecular complexity index is 706. The van der Waals surface area contributed by atoms with Gasteiger partial charge >= 0.3 is 5.97 Å². The molecule has 0 spiro atoms. The molecular weight excluding hydrogens is 446 g/mol. The third-order valence-corrected chi connectivity index (χ3v) is 6.20. The van der Waals surface area contributed by atoms with Crippen LogP contribution in [0.1, 0.15) is 38.7 Å². The monoisotopic (exact) mass is 483 g/mol. The first-order valence-electron chi connectivity index (χ1n) is 11.0. The van der Waals surface area contributed by atoms with Gasteiger partial charge in [0.05, 0.1) is 6.04 Å². The molecule has 0 aromatic heterocycles. The number of thiol groups is 1. The Morgan fingerprint density at radius 3 is 2.41 bits per heavy atom. The number of aliphatic carboxylic acids is 1. The van der Waals surface area contributed by atoms with Gasteiger partial charge in [-0.3, -0.25) is 9.59 Å². The molecule has 0 saturated carbocycles. The van der Waals surface area contributed by atoms with E-state index in [1.807, 2.05) is 50.4 Å². The van der Waals surface area contributed by atoms with Crippen LogP contribution in [0.5, 0.6) is 0 Å². The van der Waals surface area contributed by atoms with E-state index in [2.05, 4.69) is 28.6 Å². The van der Waals surface area contributed by atoms with E-state index >= 15 is 0 Å². The molecule has 4 N–H and O–H groups in total. The van der Waals surface area contributed by atoms with E-state index in [9.17, 15) is 19.5 Å². The minimum Gasteiger partial charge on any atom is -0.480 e. The van der Waals surface area contributed by atoms with Gasteiger partial charge in [0.15, 0.2) is 0 Å². The van der Waals surface area contributed by atoms with E-state index in [4.69, 9.17) is 0 Å². The SMILES string of the molecule is CC[C@H](C)[C@H](NC[C@H](Cc1ccccc1)NC(=O)CCS)C(=O)N[C@@H](CCSC)C(=O)O. The summed E-state index contributed by atoms with van der Waals surface area (Å²) in [6.45, 7) is 4.34. The molecule has 0 radical (unpaired) electrons. The molecule has 0 unspecified atom stereocenters. The summed E-state index contributed by atoms with van der Waals surface area (Å²) >= 11 is 5.67. The van der Waals surface area contributed by atoms with Crippen molar-refractivity contribution >= 4 is 42.2 Å². The van der Waals surface area contributed by atoms with Gasteiger partial charge in [-0.2, -0.15) is 24.4 Å². The summed E-state index contributed by atoms with van der Waals surface area (Å²) < 4.78 is 0. The van der Waals surface area contributed by atoms with Crippen LogP contribution in [0.2, 0.25) is 0 Å². The summed E-state index contributed by atoms with van der Waals surface area (Å²) in [7, 11) is 0. The zero-order valence-corrected chi connectivity index (χ0v) is 20.9. The Morgan fingerprint density at radius 2 is 1.84 bits per heavy atom. The minimum absolute atomic E-state index is 0.00415. The van der Waals surface area contributed by atoms with Gasteiger partial charge in [-0.15, -0.1) is 0 Å². The lowest BCUT2D eigenvalue weighted by Gasteiger charge is -2.28. The Morgan fingerprint density at radius 1 is 1.16 bits per heavy atom. The Kier molecular flexibility index (Phi) is 14.2. The molecule has 0 aliphatic rings. The van der Waals surface area contributed by atoms with Gasteiger partial charge < -0.3 is 21.1 Å². The Balaban J connectivity index is 2.89. The van der Waals surface area contributed by atoms with E-state index in [-0.39, 0.29) is 23.8 Å². The second-order valence-corrected chi connectivity index (χ2v) is 9.31. The second kappa shape index (κ2) is 16.0. The maximum Gasteiger partial charge on any atom is 0.326 e. The topological polar surface area (TPSA) is 108 Å². The minimum atomic E-state index is -1.03. The molecule has 7 nitrogen and oxygen atoms in total. The number of carboxylic acid groups (broad SMARTS) is 1. The highest BCUT2D eigenvalue weighted by atomic mass is 32.2. The molecule has 0 fully saturated rings. The standard InChI is InChI=1S/C23H37N3O4S2/c1-4-16(2)21(22(28)26-19(23(29)30)11-13-32-3)24-15-18(25-20(27)10-12-31)14-17-8-6-5-7-9-17/h5-9,16,18-19,21,24,31H,4,10-15H2,1-3H3,(H,25,27)(H,26,28)(H,29,30)/t16-,18-,19-,21-/m0/s1. The van der Waals surface area contributed by atoms with Crippen LogP contribution in [-0.2, 0) is 20.8 Å². The Labute approximate surface area is 201 Å². The second-order valence-electron chi connectivity index (χ2n) is 7.88. The van der Waals surface area contributed by atoms with Crippen LogP contribution in [0, 0.1) is 5.92 Å². The molecule has 32 heavy (non-hydrogen) atoms. The van der Waals surface area contributed by atoms with Gasteiger partial charge in [0.2, 0.25) is 11.8 Å². The summed E-state index contributed by atoms with van der Waals surface area (Å²) in [6, 6.07) is 8.15. The molecule has 0 heterocycles. The third kappa shape index (κ3) is 10.7. The first-order valence-corrected chi connectivity index (χ1v) is 13.0. The summed E-state index contributed by atoms with van der Waals surface area (Å²) in [5.41, 5.74) is 1.08. The predicted octanol–water partition coefficient (Wildman–Crippen LogP) is 2.36. The fourth-order valence-electron chi connectivity index (χ4n) is 3.29. The first-order chi connectivity index (χ1) is 15.3. The molecule has 1 aromatic rings. The summed E-state index contributed by atoms with van der Waals surface area (Å²) in [5, 5.41) is 18.5. The lowest BCUT2D eigenvalue weighted by molar-refractivity contribution is -0.142. The van der Waals surface area contributed by atoms with Crippen molar-refractivity contribution in [2.45, 2.75) is 57.7 Å². The average Bonchev–Trinajstić information content (AvgIpc) is 2.76. The number of carbonyl (C=O) groups is 3. The Hall–Kier alpha value is -1.71. The van der Waals surface area contributed by atoms with Crippen molar-refractivity contribution < 1.29 is 19.5 Å². The van der Waals surface area contributed by atoms with E-state index in [0.29, 0.717) is 37.3 Å².